The molecule has 0 fully saturated rings. The fourth-order valence-corrected chi connectivity index (χ4v) is 1.91. The first-order valence-corrected chi connectivity index (χ1v) is 7.42. The van der Waals surface area contributed by atoms with Gasteiger partial charge in [0.1, 0.15) is 23.1 Å². The second kappa shape index (κ2) is 8.17. The van der Waals surface area contributed by atoms with E-state index in [0.717, 1.165) is 37.9 Å². The fraction of sp³-hybridized carbons (Fsp3) is 0.312. The Kier molecular flexibility index (Phi) is 5.96. The van der Waals surface area contributed by atoms with Crippen LogP contribution in [0.15, 0.2) is 30.6 Å². The van der Waals surface area contributed by atoms with Gasteiger partial charge >= 0.3 is 0 Å². The van der Waals surface area contributed by atoms with E-state index in [9.17, 15) is 13.6 Å². The highest BCUT2D eigenvalue weighted by Gasteiger charge is 2.11. The molecule has 0 radical (unpaired) electrons. The van der Waals surface area contributed by atoms with Crippen LogP contribution in [0, 0.1) is 11.6 Å². The SMILES string of the molecule is CCCCCNc1cnc(C(=O)Nc2ccc(F)cc2F)cn1. The number of anilines is 2. The molecule has 2 N–H and O–H groups in total. The van der Waals surface area contributed by atoms with Gasteiger partial charge in [0.15, 0.2) is 0 Å². The molecule has 1 heterocycles. The van der Waals surface area contributed by atoms with Gasteiger partial charge in [-0.25, -0.2) is 18.7 Å². The summed E-state index contributed by atoms with van der Waals surface area (Å²) in [5, 5.41) is 5.43. The molecule has 0 saturated carbocycles. The molecular weight excluding hydrogens is 302 g/mol. The van der Waals surface area contributed by atoms with Gasteiger partial charge in [-0.1, -0.05) is 19.8 Å². The largest absolute Gasteiger partial charge is 0.369 e. The van der Waals surface area contributed by atoms with Crippen molar-refractivity contribution in [2.24, 2.45) is 0 Å². The Morgan fingerprint density at radius 3 is 2.65 bits per heavy atom. The molecule has 0 aliphatic carbocycles. The summed E-state index contributed by atoms with van der Waals surface area (Å²) in [6.07, 6.45) is 6.04. The number of unbranched alkanes of at least 4 members (excludes halogenated alkanes) is 2. The highest BCUT2D eigenvalue weighted by Crippen LogP contribution is 2.15. The molecule has 2 rings (SSSR count). The Morgan fingerprint density at radius 1 is 1.17 bits per heavy atom. The summed E-state index contributed by atoms with van der Waals surface area (Å²) in [5.74, 6) is -1.59. The monoisotopic (exact) mass is 320 g/mol. The number of carbonyl (C=O) groups excluding carboxylic acids is 1. The van der Waals surface area contributed by atoms with Crippen molar-refractivity contribution in [3.05, 3.63) is 47.9 Å². The first-order chi connectivity index (χ1) is 11.1. The molecule has 0 atom stereocenters. The van der Waals surface area contributed by atoms with E-state index >= 15 is 0 Å². The molecule has 0 aliphatic heterocycles. The number of nitrogens with zero attached hydrogens (tertiary/aromatic N) is 2. The second-order valence-electron chi connectivity index (χ2n) is 5.00. The van der Waals surface area contributed by atoms with Gasteiger partial charge < -0.3 is 10.6 Å². The minimum absolute atomic E-state index is 0.0489. The summed E-state index contributed by atoms with van der Waals surface area (Å²) in [6, 6.07) is 2.91. The van der Waals surface area contributed by atoms with Crippen molar-refractivity contribution in [3.8, 4) is 0 Å². The molecule has 1 aromatic carbocycles. The maximum absolute atomic E-state index is 13.5. The zero-order chi connectivity index (χ0) is 16.7. The lowest BCUT2D eigenvalue weighted by Gasteiger charge is -2.07. The van der Waals surface area contributed by atoms with E-state index in [1.54, 1.807) is 0 Å². The predicted octanol–water partition coefficient (Wildman–Crippen LogP) is 3.61. The van der Waals surface area contributed by atoms with Gasteiger partial charge in [-0.15, -0.1) is 0 Å². The van der Waals surface area contributed by atoms with Crippen LogP contribution in [-0.2, 0) is 0 Å². The average molecular weight is 320 g/mol. The maximum Gasteiger partial charge on any atom is 0.275 e. The Hall–Kier alpha value is -2.57. The number of carbonyl (C=O) groups is 1. The fourth-order valence-electron chi connectivity index (χ4n) is 1.91. The van der Waals surface area contributed by atoms with Crippen LogP contribution in [0.5, 0.6) is 0 Å². The topological polar surface area (TPSA) is 66.9 Å². The van der Waals surface area contributed by atoms with Crippen molar-refractivity contribution in [1.29, 1.82) is 0 Å². The Morgan fingerprint density at radius 2 is 2.00 bits per heavy atom. The number of halogens is 2. The standard InChI is InChI=1S/C16H18F2N4O/c1-2-3-4-7-19-15-10-20-14(9-21-15)16(23)22-13-6-5-11(17)8-12(13)18/h5-6,8-10H,2-4,7H2,1H3,(H,19,21)(H,22,23). The molecule has 7 heteroatoms. The van der Waals surface area contributed by atoms with Gasteiger partial charge in [0.05, 0.1) is 18.1 Å². The van der Waals surface area contributed by atoms with Gasteiger partial charge in [0.2, 0.25) is 0 Å². The lowest BCUT2D eigenvalue weighted by atomic mass is 10.2. The molecule has 122 valence electrons. The molecule has 23 heavy (non-hydrogen) atoms. The number of amides is 1. The first-order valence-electron chi connectivity index (χ1n) is 7.42. The van der Waals surface area contributed by atoms with Crippen LogP contribution in [0.2, 0.25) is 0 Å². The summed E-state index contributed by atoms with van der Waals surface area (Å²) in [7, 11) is 0. The Labute approximate surface area is 133 Å². The second-order valence-corrected chi connectivity index (χ2v) is 5.00. The zero-order valence-corrected chi connectivity index (χ0v) is 12.8. The lowest BCUT2D eigenvalue weighted by molar-refractivity contribution is 0.102. The summed E-state index contributed by atoms with van der Waals surface area (Å²) in [4.78, 5) is 20.0. The Bertz CT molecular complexity index is 662. The quantitative estimate of drug-likeness (QED) is 0.765. The number of aromatic nitrogens is 2. The molecule has 0 spiro atoms. The van der Waals surface area contributed by atoms with Crippen LogP contribution in [0.25, 0.3) is 0 Å². The van der Waals surface area contributed by atoms with E-state index in [4.69, 9.17) is 0 Å². The predicted molar refractivity (Wildman–Crippen MR) is 84.4 cm³/mol. The summed E-state index contributed by atoms with van der Waals surface area (Å²) in [6.45, 7) is 2.91. The molecule has 1 aromatic heterocycles. The third kappa shape index (κ3) is 4.98. The van der Waals surface area contributed by atoms with E-state index in [0.29, 0.717) is 11.9 Å². The van der Waals surface area contributed by atoms with Crippen LogP contribution in [-0.4, -0.2) is 22.4 Å². The van der Waals surface area contributed by atoms with E-state index in [-0.39, 0.29) is 11.4 Å². The Balaban J connectivity index is 1.94. The van der Waals surface area contributed by atoms with Crippen LogP contribution >= 0.6 is 0 Å². The molecule has 0 bridgehead atoms. The van der Waals surface area contributed by atoms with Crippen molar-refractivity contribution in [2.45, 2.75) is 26.2 Å². The third-order valence-corrected chi connectivity index (χ3v) is 3.15. The summed E-state index contributed by atoms with van der Waals surface area (Å²) in [5.41, 5.74) is -0.0622. The normalized spacial score (nSPS) is 10.4. The molecule has 0 saturated heterocycles. The van der Waals surface area contributed by atoms with Gasteiger partial charge in [-0.3, -0.25) is 4.79 Å². The van der Waals surface area contributed by atoms with Crippen molar-refractivity contribution < 1.29 is 13.6 Å². The lowest BCUT2D eigenvalue weighted by Crippen LogP contribution is -2.15. The van der Waals surface area contributed by atoms with Crippen molar-refractivity contribution >= 4 is 17.4 Å². The highest BCUT2D eigenvalue weighted by atomic mass is 19.1. The van der Waals surface area contributed by atoms with Crippen LogP contribution in [0.3, 0.4) is 0 Å². The van der Waals surface area contributed by atoms with Gasteiger partial charge in [0, 0.05) is 12.6 Å². The minimum Gasteiger partial charge on any atom is -0.369 e. The van der Waals surface area contributed by atoms with Crippen molar-refractivity contribution in [2.75, 3.05) is 17.2 Å². The van der Waals surface area contributed by atoms with E-state index in [1.807, 2.05) is 0 Å². The number of hydrogen-bond acceptors (Lipinski definition) is 4. The molecule has 5 nitrogen and oxygen atoms in total. The summed E-state index contributed by atoms with van der Waals surface area (Å²) >= 11 is 0. The number of hydrogen-bond donors (Lipinski definition) is 2. The van der Waals surface area contributed by atoms with Gasteiger partial charge in [-0.05, 0) is 18.6 Å². The maximum atomic E-state index is 13.5. The minimum atomic E-state index is -0.847. The van der Waals surface area contributed by atoms with Gasteiger partial charge in [-0.2, -0.15) is 0 Å². The molecule has 0 unspecified atom stereocenters. The van der Waals surface area contributed by atoms with Crippen LogP contribution < -0.4 is 10.6 Å². The van der Waals surface area contributed by atoms with Crippen molar-refractivity contribution in [3.63, 3.8) is 0 Å². The van der Waals surface area contributed by atoms with E-state index in [1.165, 1.54) is 12.4 Å². The number of nitrogens with one attached hydrogen (secondary N) is 2. The van der Waals surface area contributed by atoms with Crippen LogP contribution in [0.1, 0.15) is 36.7 Å². The van der Waals surface area contributed by atoms with E-state index < -0.39 is 17.5 Å². The highest BCUT2D eigenvalue weighted by molar-refractivity contribution is 6.02. The molecule has 1 amide bonds. The van der Waals surface area contributed by atoms with Crippen LogP contribution in [0.4, 0.5) is 20.3 Å². The van der Waals surface area contributed by atoms with E-state index in [2.05, 4.69) is 27.5 Å². The zero-order valence-electron chi connectivity index (χ0n) is 12.8. The molecule has 0 aliphatic rings. The third-order valence-electron chi connectivity index (χ3n) is 3.15. The number of rotatable bonds is 7. The smallest absolute Gasteiger partial charge is 0.275 e. The van der Waals surface area contributed by atoms with Crippen molar-refractivity contribution in [1.82, 2.24) is 9.97 Å². The number of benzene rings is 1. The average Bonchev–Trinajstić information content (AvgIpc) is 2.55. The summed E-state index contributed by atoms with van der Waals surface area (Å²) < 4.78 is 26.3. The first kappa shape index (κ1) is 16.8. The molecular formula is C16H18F2N4O. The molecule has 2 aromatic rings. The van der Waals surface area contributed by atoms with Gasteiger partial charge in [0.25, 0.3) is 5.91 Å².